The molecule has 2 unspecified atom stereocenters. The van der Waals surface area contributed by atoms with Gasteiger partial charge in [0.05, 0.1) is 30.1 Å². The van der Waals surface area contributed by atoms with E-state index in [0.717, 1.165) is 16.3 Å². The van der Waals surface area contributed by atoms with Crippen LogP contribution in [0.1, 0.15) is 25.3 Å². The molecule has 3 aliphatic rings. The summed E-state index contributed by atoms with van der Waals surface area (Å²) in [7, 11) is 0. The third-order valence-electron chi connectivity index (χ3n) is 9.72. The van der Waals surface area contributed by atoms with Gasteiger partial charge >= 0.3 is 0 Å². The van der Waals surface area contributed by atoms with Crippen molar-refractivity contribution < 1.29 is 24.2 Å². The number of rotatable bonds is 8. The van der Waals surface area contributed by atoms with Gasteiger partial charge in [0.2, 0.25) is 17.7 Å². The van der Waals surface area contributed by atoms with Gasteiger partial charge in [0, 0.05) is 11.4 Å². The first kappa shape index (κ1) is 28.3. The zero-order valence-corrected chi connectivity index (χ0v) is 24.5. The molecule has 6 atom stereocenters. The summed E-state index contributed by atoms with van der Waals surface area (Å²) in [6.07, 6.45) is 1.33. The summed E-state index contributed by atoms with van der Waals surface area (Å²) in [6, 6.07) is 30.6. The number of hydrogen-bond donors (Lipinski definition) is 3. The van der Waals surface area contributed by atoms with E-state index < -0.39 is 41.0 Å². The molecular weight excluding hydrogens is 554 g/mol. The first-order chi connectivity index (χ1) is 21.3. The molecule has 8 heteroatoms. The minimum Gasteiger partial charge on any atom is -0.394 e. The number of anilines is 2. The van der Waals surface area contributed by atoms with Crippen LogP contribution in [0.15, 0.2) is 103 Å². The predicted octanol–water partition coefficient (Wildman–Crippen LogP) is 4.79. The number of carbonyl (C=O) groups is 3. The molecule has 3 heterocycles. The standard InChI is InChI=1S/C36H35N3O5/c1-35-18-19-36(44-35)30(29(35)32(41)37-26-14-6-3-7-15-26)34(43)39(28(22-40)20-23-10-4-2-5-11-23)31(36)33(42)38-27-17-16-24-12-8-9-13-25(24)21-27/h2-17,21,28-31,40H,18-20,22H2,1H3,(H,37,41)(H,38,42)/t28-,29+,30+,31?,35-,36?/m1/s1. The van der Waals surface area contributed by atoms with Crippen molar-refractivity contribution in [2.24, 2.45) is 11.8 Å². The number of nitrogens with zero attached hydrogens (tertiary/aromatic N) is 1. The molecule has 3 amide bonds. The maximum Gasteiger partial charge on any atom is 0.250 e. The quantitative estimate of drug-likeness (QED) is 0.274. The highest BCUT2D eigenvalue weighted by molar-refractivity contribution is 6.06. The molecule has 3 N–H and O–H groups in total. The van der Waals surface area contributed by atoms with Gasteiger partial charge < -0.3 is 25.4 Å². The molecule has 7 rings (SSSR count). The number of ether oxygens (including phenoxy) is 1. The summed E-state index contributed by atoms with van der Waals surface area (Å²) < 4.78 is 6.76. The van der Waals surface area contributed by atoms with Crippen LogP contribution >= 0.6 is 0 Å². The first-order valence-corrected chi connectivity index (χ1v) is 15.2. The summed E-state index contributed by atoms with van der Waals surface area (Å²) in [5.41, 5.74) is 0.0270. The number of aliphatic hydroxyl groups is 1. The van der Waals surface area contributed by atoms with Crippen LogP contribution in [-0.4, -0.2) is 57.6 Å². The smallest absolute Gasteiger partial charge is 0.250 e. The molecule has 44 heavy (non-hydrogen) atoms. The van der Waals surface area contributed by atoms with Gasteiger partial charge in [0.1, 0.15) is 11.6 Å². The fraction of sp³-hybridized carbons (Fsp3) is 0.306. The van der Waals surface area contributed by atoms with E-state index in [2.05, 4.69) is 10.6 Å². The van der Waals surface area contributed by atoms with Crippen molar-refractivity contribution in [2.75, 3.05) is 17.2 Å². The lowest BCUT2D eigenvalue weighted by Crippen LogP contribution is -2.57. The third-order valence-corrected chi connectivity index (χ3v) is 9.72. The SMILES string of the molecule is C[C@]12CCC3(O1)C(C(=O)Nc1ccc4ccccc4c1)N([C@@H](CO)Cc1ccccc1)C(=O)[C@@H]3[C@H]2C(=O)Nc1ccccc1. The van der Waals surface area contributed by atoms with Crippen LogP contribution < -0.4 is 10.6 Å². The van der Waals surface area contributed by atoms with Crippen LogP contribution in [0.3, 0.4) is 0 Å². The first-order valence-electron chi connectivity index (χ1n) is 15.2. The van der Waals surface area contributed by atoms with Crippen LogP contribution in [0.2, 0.25) is 0 Å². The van der Waals surface area contributed by atoms with Gasteiger partial charge in [-0.15, -0.1) is 0 Å². The number of likely N-dealkylation sites (tertiary alicyclic amines) is 1. The Morgan fingerprint density at radius 1 is 0.864 bits per heavy atom. The average molecular weight is 590 g/mol. The fourth-order valence-electron chi connectivity index (χ4n) is 7.81. The Hall–Kier alpha value is -4.53. The minimum atomic E-state index is -1.21. The summed E-state index contributed by atoms with van der Waals surface area (Å²) >= 11 is 0. The van der Waals surface area contributed by atoms with Crippen molar-refractivity contribution in [1.82, 2.24) is 4.90 Å². The Labute approximate surface area is 256 Å². The van der Waals surface area contributed by atoms with Gasteiger partial charge in [-0.3, -0.25) is 14.4 Å². The number of carbonyl (C=O) groups excluding carboxylic acids is 3. The van der Waals surface area contributed by atoms with Crippen molar-refractivity contribution in [3.63, 3.8) is 0 Å². The predicted molar refractivity (Wildman–Crippen MR) is 168 cm³/mol. The number of aliphatic hydroxyl groups excluding tert-OH is 1. The Morgan fingerprint density at radius 3 is 2.25 bits per heavy atom. The molecule has 0 radical (unpaired) electrons. The number of amides is 3. The highest BCUT2D eigenvalue weighted by Crippen LogP contribution is 2.63. The summed E-state index contributed by atoms with van der Waals surface area (Å²) in [4.78, 5) is 44.4. The van der Waals surface area contributed by atoms with E-state index in [1.54, 1.807) is 12.1 Å². The fourth-order valence-corrected chi connectivity index (χ4v) is 7.81. The summed E-state index contributed by atoms with van der Waals surface area (Å²) in [5.74, 6) is -2.72. The largest absolute Gasteiger partial charge is 0.394 e. The average Bonchev–Trinajstić information content (AvgIpc) is 3.61. The normalized spacial score (nSPS) is 27.7. The summed E-state index contributed by atoms with van der Waals surface area (Å²) in [6.45, 7) is 1.53. The van der Waals surface area contributed by atoms with E-state index in [1.807, 2.05) is 97.9 Å². The second kappa shape index (κ2) is 10.9. The minimum absolute atomic E-state index is 0.308. The molecule has 0 saturated carbocycles. The molecule has 1 spiro atoms. The lowest BCUT2D eigenvalue weighted by Gasteiger charge is -2.37. The second-order valence-corrected chi connectivity index (χ2v) is 12.4. The van der Waals surface area contributed by atoms with Crippen LogP contribution in [0.4, 0.5) is 11.4 Å². The molecule has 0 aromatic heterocycles. The van der Waals surface area contributed by atoms with E-state index in [9.17, 15) is 19.5 Å². The van der Waals surface area contributed by atoms with E-state index in [-0.39, 0.29) is 18.4 Å². The van der Waals surface area contributed by atoms with E-state index in [1.165, 1.54) is 4.90 Å². The molecule has 8 nitrogen and oxygen atoms in total. The van der Waals surface area contributed by atoms with Crippen LogP contribution in [0.25, 0.3) is 10.8 Å². The van der Waals surface area contributed by atoms with E-state index in [0.29, 0.717) is 30.6 Å². The third kappa shape index (κ3) is 4.57. The number of benzene rings is 4. The van der Waals surface area contributed by atoms with Crippen LogP contribution in [0, 0.1) is 11.8 Å². The van der Waals surface area contributed by atoms with Gasteiger partial charge in [-0.05, 0) is 66.8 Å². The van der Waals surface area contributed by atoms with Gasteiger partial charge in [-0.2, -0.15) is 0 Å². The van der Waals surface area contributed by atoms with Gasteiger partial charge in [0.25, 0.3) is 0 Å². The Morgan fingerprint density at radius 2 is 1.52 bits per heavy atom. The van der Waals surface area contributed by atoms with Crippen molar-refractivity contribution in [1.29, 1.82) is 0 Å². The highest BCUT2D eigenvalue weighted by Gasteiger charge is 2.78. The summed E-state index contributed by atoms with van der Waals surface area (Å²) in [5, 5.41) is 18.7. The topological polar surface area (TPSA) is 108 Å². The molecular formula is C36H35N3O5. The molecule has 0 aliphatic carbocycles. The van der Waals surface area contributed by atoms with Gasteiger partial charge in [0.15, 0.2) is 0 Å². The zero-order chi connectivity index (χ0) is 30.5. The number of fused-ring (bicyclic) bond motifs is 2. The van der Waals surface area contributed by atoms with Crippen molar-refractivity contribution >= 4 is 39.9 Å². The van der Waals surface area contributed by atoms with Gasteiger partial charge in [-0.25, -0.2) is 0 Å². The molecule has 3 saturated heterocycles. The zero-order valence-electron chi connectivity index (χ0n) is 24.5. The monoisotopic (exact) mass is 589 g/mol. The number of para-hydroxylation sites is 1. The Bertz CT molecular complexity index is 1730. The van der Waals surface area contributed by atoms with Gasteiger partial charge in [-0.1, -0.05) is 78.9 Å². The van der Waals surface area contributed by atoms with E-state index in [4.69, 9.17) is 4.74 Å². The number of nitrogens with one attached hydrogen (secondary N) is 2. The number of hydrogen-bond acceptors (Lipinski definition) is 5. The molecule has 4 aromatic carbocycles. The molecule has 4 aromatic rings. The molecule has 224 valence electrons. The van der Waals surface area contributed by atoms with Crippen molar-refractivity contribution in [3.05, 3.63) is 109 Å². The van der Waals surface area contributed by atoms with Crippen LogP contribution in [-0.2, 0) is 25.5 Å². The second-order valence-electron chi connectivity index (χ2n) is 12.4. The molecule has 3 fully saturated rings. The van der Waals surface area contributed by atoms with Crippen molar-refractivity contribution in [3.8, 4) is 0 Å². The lowest BCUT2D eigenvalue weighted by molar-refractivity contribution is -0.146. The molecule has 3 aliphatic heterocycles. The Balaban J connectivity index is 1.27. The lowest BCUT2D eigenvalue weighted by atomic mass is 9.66. The van der Waals surface area contributed by atoms with E-state index >= 15 is 0 Å². The maximum absolute atomic E-state index is 14.6. The molecule has 2 bridgehead atoms. The van der Waals surface area contributed by atoms with Crippen LogP contribution in [0.5, 0.6) is 0 Å². The highest BCUT2D eigenvalue weighted by atomic mass is 16.5. The maximum atomic E-state index is 14.6. The van der Waals surface area contributed by atoms with Crippen molar-refractivity contribution in [2.45, 2.75) is 49.5 Å². The Kier molecular flexibility index (Phi) is 6.98.